The average Bonchev–Trinajstić information content (AvgIpc) is 2.99. The van der Waals surface area contributed by atoms with E-state index < -0.39 is 0 Å². The molecule has 0 unspecified atom stereocenters. The Morgan fingerprint density at radius 3 is 2.65 bits per heavy atom. The minimum Gasteiger partial charge on any atom is -0.261 e. The molecular weight excluding hydrogens is 349 g/mol. The van der Waals surface area contributed by atoms with Crippen LogP contribution in [-0.2, 0) is 0 Å². The number of halogens is 2. The van der Waals surface area contributed by atoms with Crippen molar-refractivity contribution < 1.29 is 0 Å². The lowest BCUT2D eigenvalue weighted by molar-refractivity contribution is 0.443. The van der Waals surface area contributed by atoms with Gasteiger partial charge in [-0.2, -0.15) is 5.10 Å². The maximum Gasteiger partial charge on any atom is 0.205 e. The van der Waals surface area contributed by atoms with Crippen LogP contribution in [0.4, 0.5) is 0 Å². The molecule has 1 fully saturated rings. The van der Waals surface area contributed by atoms with Crippen LogP contribution in [0, 0.1) is 5.92 Å². The van der Waals surface area contributed by atoms with Gasteiger partial charge in [0.25, 0.3) is 0 Å². The van der Waals surface area contributed by atoms with Gasteiger partial charge in [0.2, 0.25) is 4.80 Å². The summed E-state index contributed by atoms with van der Waals surface area (Å²) >= 11 is 13.7. The molecule has 0 atom stereocenters. The maximum absolute atomic E-state index is 6.16. The van der Waals surface area contributed by atoms with Crippen LogP contribution in [0.2, 0.25) is 10.0 Å². The van der Waals surface area contributed by atoms with Crippen LogP contribution in [-0.4, -0.2) is 17.9 Å². The largest absolute Gasteiger partial charge is 0.261 e. The van der Waals surface area contributed by atoms with E-state index in [0.29, 0.717) is 16.0 Å². The van der Waals surface area contributed by atoms with Crippen molar-refractivity contribution in [3.05, 3.63) is 38.4 Å². The predicted octanol–water partition coefficient (Wildman–Crippen LogP) is 5.47. The normalized spacial score (nSPS) is 17.3. The molecule has 1 saturated carbocycles. The topological polar surface area (TPSA) is 29.6 Å². The summed E-state index contributed by atoms with van der Waals surface area (Å²) in [6.45, 7) is 0. The van der Waals surface area contributed by atoms with Gasteiger partial charge in [-0.1, -0.05) is 48.5 Å². The lowest BCUT2D eigenvalue weighted by Gasteiger charge is -2.17. The zero-order chi connectivity index (χ0) is 16.2. The summed E-state index contributed by atoms with van der Waals surface area (Å²) in [4.78, 5) is 5.20. The van der Waals surface area contributed by atoms with E-state index in [0.717, 1.165) is 16.1 Å². The van der Waals surface area contributed by atoms with Gasteiger partial charge < -0.3 is 0 Å². The van der Waals surface area contributed by atoms with Gasteiger partial charge >= 0.3 is 0 Å². The van der Waals surface area contributed by atoms with E-state index in [-0.39, 0.29) is 0 Å². The van der Waals surface area contributed by atoms with Gasteiger partial charge in [-0.15, -0.1) is 11.3 Å². The molecule has 0 saturated heterocycles. The minimum atomic E-state index is 0.549. The summed E-state index contributed by atoms with van der Waals surface area (Å²) in [5, 5.41) is 7.88. The smallest absolute Gasteiger partial charge is 0.205 e. The van der Waals surface area contributed by atoms with Crippen LogP contribution in [0.15, 0.2) is 33.7 Å². The molecule has 1 heterocycles. The number of aromatic nitrogens is 1. The summed E-state index contributed by atoms with van der Waals surface area (Å²) in [6.07, 6.45) is 8.50. The number of hydrogen-bond donors (Lipinski definition) is 0. The molecule has 0 aliphatic heterocycles. The van der Waals surface area contributed by atoms with Crippen LogP contribution in [0.25, 0.3) is 11.3 Å². The monoisotopic (exact) mass is 367 g/mol. The molecule has 0 bridgehead atoms. The third-order valence-electron chi connectivity index (χ3n) is 4.13. The molecule has 0 N–H and O–H groups in total. The first-order valence-corrected chi connectivity index (χ1v) is 9.46. The Morgan fingerprint density at radius 2 is 1.96 bits per heavy atom. The van der Waals surface area contributed by atoms with Crippen molar-refractivity contribution in [1.29, 1.82) is 0 Å². The van der Waals surface area contributed by atoms with Gasteiger partial charge in [-0.05, 0) is 30.9 Å². The van der Waals surface area contributed by atoms with E-state index in [2.05, 4.69) is 16.6 Å². The van der Waals surface area contributed by atoms with Crippen LogP contribution < -0.4 is 4.80 Å². The highest BCUT2D eigenvalue weighted by molar-refractivity contribution is 7.07. The van der Waals surface area contributed by atoms with Gasteiger partial charge in [-0.3, -0.25) is 4.99 Å². The zero-order valence-corrected chi connectivity index (χ0v) is 15.3. The molecule has 2 aromatic rings. The number of thiazole rings is 1. The molecule has 0 spiro atoms. The van der Waals surface area contributed by atoms with Crippen molar-refractivity contribution in [2.45, 2.75) is 32.1 Å². The van der Waals surface area contributed by atoms with Gasteiger partial charge in [0, 0.05) is 24.2 Å². The van der Waals surface area contributed by atoms with Crippen LogP contribution in [0.3, 0.4) is 0 Å². The van der Waals surface area contributed by atoms with Gasteiger partial charge in [0.05, 0.1) is 15.7 Å². The molecule has 23 heavy (non-hydrogen) atoms. The Hall–Kier alpha value is -1.10. The predicted molar refractivity (Wildman–Crippen MR) is 99.7 cm³/mol. The van der Waals surface area contributed by atoms with E-state index in [9.17, 15) is 0 Å². The fourth-order valence-electron chi connectivity index (χ4n) is 2.86. The van der Waals surface area contributed by atoms with Crippen molar-refractivity contribution in [2.24, 2.45) is 16.0 Å². The molecule has 122 valence electrons. The second-order valence-corrected chi connectivity index (χ2v) is 7.38. The quantitative estimate of drug-likeness (QED) is 0.643. The Balaban J connectivity index is 1.96. The molecule has 1 aromatic heterocycles. The van der Waals surface area contributed by atoms with Crippen molar-refractivity contribution in [1.82, 2.24) is 4.68 Å². The van der Waals surface area contributed by atoms with Crippen LogP contribution >= 0.6 is 34.5 Å². The van der Waals surface area contributed by atoms with Crippen molar-refractivity contribution >= 4 is 40.8 Å². The van der Waals surface area contributed by atoms with Gasteiger partial charge in [0.1, 0.15) is 0 Å². The standard InChI is InChI=1S/C17H19Cl2N3S/c1-20-17-22(21-10-12-5-3-2-4-6-12)16(11-23-17)13-7-8-14(18)15(19)9-13/h7-12H,2-6H2,1H3. The Bertz CT molecular complexity index is 770. The van der Waals surface area contributed by atoms with E-state index in [1.165, 1.54) is 32.1 Å². The maximum atomic E-state index is 6.16. The summed E-state index contributed by atoms with van der Waals surface area (Å²) in [6, 6.07) is 5.65. The summed E-state index contributed by atoms with van der Waals surface area (Å²) in [5.74, 6) is 0.572. The molecule has 1 aliphatic carbocycles. The molecule has 6 heteroatoms. The highest BCUT2D eigenvalue weighted by Gasteiger charge is 2.12. The SMILES string of the molecule is CN=c1scc(-c2ccc(Cl)c(Cl)c2)n1N=CC1CCCCC1. The second kappa shape index (κ2) is 7.65. The van der Waals surface area contributed by atoms with E-state index >= 15 is 0 Å². The lowest BCUT2D eigenvalue weighted by atomic mass is 9.90. The minimum absolute atomic E-state index is 0.549. The molecular formula is C17H19Cl2N3S. The van der Waals surface area contributed by atoms with Crippen LogP contribution in [0.1, 0.15) is 32.1 Å². The summed E-state index contributed by atoms with van der Waals surface area (Å²) < 4.78 is 1.90. The first-order valence-electron chi connectivity index (χ1n) is 7.82. The first-order chi connectivity index (χ1) is 11.2. The summed E-state index contributed by atoms with van der Waals surface area (Å²) in [5.41, 5.74) is 1.98. The Morgan fingerprint density at radius 1 is 1.17 bits per heavy atom. The second-order valence-electron chi connectivity index (χ2n) is 5.73. The molecule has 3 nitrogen and oxygen atoms in total. The van der Waals surface area contributed by atoms with E-state index in [4.69, 9.17) is 28.3 Å². The third kappa shape index (κ3) is 3.87. The first kappa shape index (κ1) is 16.7. The number of nitrogens with zero attached hydrogens (tertiary/aromatic N) is 3. The molecule has 0 amide bonds. The van der Waals surface area contributed by atoms with E-state index in [1.807, 2.05) is 22.9 Å². The van der Waals surface area contributed by atoms with E-state index in [1.54, 1.807) is 18.4 Å². The van der Waals surface area contributed by atoms with Crippen molar-refractivity contribution in [3.63, 3.8) is 0 Å². The van der Waals surface area contributed by atoms with Crippen molar-refractivity contribution in [2.75, 3.05) is 7.05 Å². The number of hydrogen-bond acceptors (Lipinski definition) is 3. The fourth-order valence-corrected chi connectivity index (χ4v) is 3.96. The molecule has 0 radical (unpaired) electrons. The van der Waals surface area contributed by atoms with Gasteiger partial charge in [-0.25, -0.2) is 4.68 Å². The molecule has 1 aliphatic rings. The molecule has 3 rings (SSSR count). The Labute approximate surface area is 150 Å². The van der Waals surface area contributed by atoms with Crippen molar-refractivity contribution in [3.8, 4) is 11.3 Å². The summed E-state index contributed by atoms with van der Waals surface area (Å²) in [7, 11) is 1.79. The third-order valence-corrected chi connectivity index (χ3v) is 5.78. The lowest BCUT2D eigenvalue weighted by Crippen LogP contribution is -2.14. The zero-order valence-electron chi connectivity index (χ0n) is 13.0. The highest BCUT2D eigenvalue weighted by atomic mass is 35.5. The highest BCUT2D eigenvalue weighted by Crippen LogP contribution is 2.29. The average molecular weight is 368 g/mol. The van der Waals surface area contributed by atoms with Crippen LogP contribution in [0.5, 0.6) is 0 Å². The number of benzene rings is 1. The van der Waals surface area contributed by atoms with Gasteiger partial charge in [0.15, 0.2) is 0 Å². The fraction of sp³-hybridized carbons (Fsp3) is 0.412. The Kier molecular flexibility index (Phi) is 5.57. The molecule has 1 aromatic carbocycles. The number of rotatable bonds is 3.